The van der Waals surface area contributed by atoms with Gasteiger partial charge in [-0.25, -0.2) is 4.39 Å². The zero-order valence-corrected chi connectivity index (χ0v) is 19.1. The lowest BCUT2D eigenvalue weighted by Gasteiger charge is -2.37. The Balaban J connectivity index is 1.46. The van der Waals surface area contributed by atoms with E-state index in [4.69, 9.17) is 9.47 Å². The van der Waals surface area contributed by atoms with Crippen molar-refractivity contribution in [1.29, 1.82) is 0 Å². The molecule has 2 aliphatic rings. The number of nitrogens with zero attached hydrogens (tertiary/aromatic N) is 2. The maximum Gasteiger partial charge on any atom is 0.242 e. The van der Waals surface area contributed by atoms with Crippen LogP contribution in [-0.2, 0) is 20.7 Å². The van der Waals surface area contributed by atoms with Crippen molar-refractivity contribution in [2.45, 2.75) is 31.7 Å². The molecule has 2 heterocycles. The normalized spacial score (nSPS) is 17.7. The minimum absolute atomic E-state index is 0.0628. The molecule has 32 heavy (non-hydrogen) atoms. The molecule has 1 saturated carbocycles. The number of carbonyl (C=O) groups is 2. The largest absolute Gasteiger partial charge is 0.491 e. The van der Waals surface area contributed by atoms with Crippen LogP contribution in [0.25, 0.3) is 0 Å². The molecule has 0 spiro atoms. The van der Waals surface area contributed by atoms with E-state index in [-0.39, 0.29) is 42.7 Å². The second kappa shape index (κ2) is 10.4. The van der Waals surface area contributed by atoms with Crippen LogP contribution in [0.3, 0.4) is 0 Å². The van der Waals surface area contributed by atoms with E-state index in [0.29, 0.717) is 31.9 Å². The molecule has 2 amide bonds. The van der Waals surface area contributed by atoms with Gasteiger partial charge < -0.3 is 19.3 Å². The summed E-state index contributed by atoms with van der Waals surface area (Å²) in [5.41, 5.74) is 1.09. The van der Waals surface area contributed by atoms with E-state index in [0.717, 1.165) is 24.8 Å². The molecule has 0 bridgehead atoms. The van der Waals surface area contributed by atoms with E-state index in [9.17, 15) is 14.0 Å². The van der Waals surface area contributed by atoms with Gasteiger partial charge in [-0.1, -0.05) is 0 Å². The first-order valence-corrected chi connectivity index (χ1v) is 12.0. The van der Waals surface area contributed by atoms with Gasteiger partial charge in [-0.2, -0.15) is 0 Å². The SMILES string of the molecule is COCCCN(CC(=O)N1CCc2sccc2[C@H]1COc1ccc(F)cc1)C(=O)C1CC1. The molecule has 172 valence electrons. The fourth-order valence-electron chi connectivity index (χ4n) is 4.09. The van der Waals surface area contributed by atoms with Crippen LogP contribution < -0.4 is 4.74 Å². The quantitative estimate of drug-likeness (QED) is 0.508. The van der Waals surface area contributed by atoms with Crippen molar-refractivity contribution in [1.82, 2.24) is 9.80 Å². The number of halogens is 1. The fraction of sp³-hybridized carbons (Fsp3) is 0.500. The number of benzene rings is 1. The van der Waals surface area contributed by atoms with Gasteiger partial charge in [0.05, 0.1) is 12.6 Å². The van der Waals surface area contributed by atoms with Crippen molar-refractivity contribution < 1.29 is 23.5 Å². The maximum absolute atomic E-state index is 13.4. The summed E-state index contributed by atoms with van der Waals surface area (Å²) >= 11 is 1.69. The second-order valence-electron chi connectivity index (χ2n) is 8.30. The van der Waals surface area contributed by atoms with Crippen molar-refractivity contribution in [3.63, 3.8) is 0 Å². The summed E-state index contributed by atoms with van der Waals surface area (Å²) in [6.07, 6.45) is 3.31. The average molecular weight is 461 g/mol. The average Bonchev–Trinajstić information content (AvgIpc) is 3.54. The van der Waals surface area contributed by atoms with Crippen molar-refractivity contribution in [2.75, 3.05) is 40.0 Å². The van der Waals surface area contributed by atoms with Crippen LogP contribution in [0.15, 0.2) is 35.7 Å². The number of hydrogen-bond donors (Lipinski definition) is 0. The highest BCUT2D eigenvalue weighted by Gasteiger charge is 2.37. The van der Waals surface area contributed by atoms with Gasteiger partial charge in [0.25, 0.3) is 0 Å². The van der Waals surface area contributed by atoms with Crippen LogP contribution in [0, 0.1) is 11.7 Å². The first-order valence-electron chi connectivity index (χ1n) is 11.1. The molecular weight excluding hydrogens is 431 g/mol. The molecule has 0 radical (unpaired) electrons. The van der Waals surface area contributed by atoms with Crippen LogP contribution in [0.1, 0.15) is 35.7 Å². The molecule has 0 unspecified atom stereocenters. The van der Waals surface area contributed by atoms with E-state index in [1.807, 2.05) is 16.3 Å². The highest BCUT2D eigenvalue weighted by molar-refractivity contribution is 7.10. The summed E-state index contributed by atoms with van der Waals surface area (Å²) in [6, 6.07) is 7.70. The van der Waals surface area contributed by atoms with Crippen molar-refractivity contribution in [2.24, 2.45) is 5.92 Å². The Bertz CT molecular complexity index is 928. The van der Waals surface area contributed by atoms with Crippen LogP contribution >= 0.6 is 11.3 Å². The monoisotopic (exact) mass is 460 g/mol. The highest BCUT2D eigenvalue weighted by Crippen LogP contribution is 2.35. The number of fused-ring (bicyclic) bond motifs is 1. The third kappa shape index (κ3) is 5.48. The Morgan fingerprint density at radius 3 is 2.72 bits per heavy atom. The predicted octanol–water partition coefficient (Wildman–Crippen LogP) is 3.67. The molecule has 6 nitrogen and oxygen atoms in total. The molecule has 1 atom stereocenters. The highest BCUT2D eigenvalue weighted by atomic mass is 32.1. The molecule has 1 aromatic carbocycles. The van der Waals surface area contributed by atoms with Crippen LogP contribution in [0.5, 0.6) is 5.75 Å². The molecule has 1 aliphatic heterocycles. The number of ether oxygens (including phenoxy) is 2. The summed E-state index contributed by atoms with van der Waals surface area (Å²) in [5.74, 6) is 0.308. The second-order valence-corrected chi connectivity index (χ2v) is 9.30. The number of carbonyl (C=O) groups excluding carboxylic acids is 2. The van der Waals surface area contributed by atoms with Gasteiger partial charge >= 0.3 is 0 Å². The topological polar surface area (TPSA) is 59.1 Å². The Morgan fingerprint density at radius 1 is 1.22 bits per heavy atom. The van der Waals surface area contributed by atoms with Gasteiger partial charge in [0, 0.05) is 37.6 Å². The summed E-state index contributed by atoms with van der Waals surface area (Å²) in [4.78, 5) is 30.9. The predicted molar refractivity (Wildman–Crippen MR) is 120 cm³/mol. The van der Waals surface area contributed by atoms with Crippen molar-refractivity contribution >= 4 is 23.2 Å². The maximum atomic E-state index is 13.4. The minimum atomic E-state index is -0.319. The third-order valence-corrected chi connectivity index (χ3v) is 6.97. The van der Waals surface area contributed by atoms with Gasteiger partial charge in [-0.05, 0) is 67.0 Å². The number of hydrogen-bond acceptors (Lipinski definition) is 5. The third-order valence-electron chi connectivity index (χ3n) is 5.98. The molecule has 4 rings (SSSR count). The summed E-state index contributed by atoms with van der Waals surface area (Å²) in [6.45, 7) is 2.02. The van der Waals surface area contributed by atoms with E-state index in [1.54, 1.807) is 35.5 Å². The van der Waals surface area contributed by atoms with Gasteiger partial charge in [0.2, 0.25) is 11.8 Å². The molecule has 2 aromatic rings. The zero-order valence-electron chi connectivity index (χ0n) is 18.3. The van der Waals surface area contributed by atoms with E-state index < -0.39 is 0 Å². The Labute approximate surface area is 191 Å². The number of methoxy groups -OCH3 is 1. The molecule has 0 N–H and O–H groups in total. The zero-order chi connectivity index (χ0) is 22.5. The molecule has 1 fully saturated rings. The van der Waals surface area contributed by atoms with Gasteiger partial charge in [0.1, 0.15) is 18.2 Å². The number of amides is 2. The van der Waals surface area contributed by atoms with Gasteiger partial charge in [-0.3, -0.25) is 9.59 Å². The molecule has 0 saturated heterocycles. The summed E-state index contributed by atoms with van der Waals surface area (Å²) in [7, 11) is 1.64. The first-order chi connectivity index (χ1) is 15.6. The summed E-state index contributed by atoms with van der Waals surface area (Å²) in [5, 5.41) is 2.04. The van der Waals surface area contributed by atoms with Crippen LogP contribution in [-0.4, -0.2) is 61.6 Å². The lowest BCUT2D eigenvalue weighted by atomic mass is 10.0. The first kappa shape index (κ1) is 22.7. The Hall–Kier alpha value is -2.45. The van der Waals surface area contributed by atoms with E-state index >= 15 is 0 Å². The Morgan fingerprint density at radius 2 is 2.00 bits per heavy atom. The number of rotatable bonds is 10. The molecule has 1 aliphatic carbocycles. The number of thiophene rings is 1. The smallest absolute Gasteiger partial charge is 0.242 e. The van der Waals surface area contributed by atoms with Crippen LogP contribution in [0.4, 0.5) is 4.39 Å². The van der Waals surface area contributed by atoms with E-state index in [1.165, 1.54) is 17.0 Å². The van der Waals surface area contributed by atoms with Gasteiger partial charge in [0.15, 0.2) is 0 Å². The molecule has 1 aromatic heterocycles. The summed E-state index contributed by atoms with van der Waals surface area (Å²) < 4.78 is 24.3. The Kier molecular flexibility index (Phi) is 7.42. The lowest BCUT2D eigenvalue weighted by Crippen LogP contribution is -2.48. The van der Waals surface area contributed by atoms with E-state index in [2.05, 4.69) is 0 Å². The fourth-order valence-corrected chi connectivity index (χ4v) is 5.02. The van der Waals surface area contributed by atoms with Crippen molar-refractivity contribution in [3.05, 3.63) is 52.0 Å². The standard InChI is InChI=1S/C24H29FN2O4S/c1-30-13-2-11-26(24(29)17-3-4-17)15-23(28)27-12-9-22-20(10-14-32-22)21(27)16-31-19-7-5-18(25)6-8-19/h5-8,10,14,17,21H,2-4,9,11-13,15-16H2,1H3/t21-/m1/s1. The molecular formula is C24H29FN2O4S. The van der Waals surface area contributed by atoms with Crippen LogP contribution in [0.2, 0.25) is 0 Å². The lowest BCUT2D eigenvalue weighted by molar-refractivity contribution is -0.143. The van der Waals surface area contributed by atoms with Gasteiger partial charge in [-0.15, -0.1) is 11.3 Å². The van der Waals surface area contributed by atoms with Crippen molar-refractivity contribution in [3.8, 4) is 5.75 Å². The molecule has 8 heteroatoms. The minimum Gasteiger partial charge on any atom is -0.491 e.